The molecule has 0 amide bonds. The van der Waals surface area contributed by atoms with Gasteiger partial charge in [-0.15, -0.1) is 0 Å². The Balaban J connectivity index is 2.81. The summed E-state index contributed by atoms with van der Waals surface area (Å²) in [5, 5.41) is 27.7. The number of aliphatic hydroxyl groups is 1. The number of carboxylic acid groups (broad SMARTS) is 2. The van der Waals surface area contributed by atoms with E-state index in [4.69, 9.17) is 16.6 Å². The van der Waals surface area contributed by atoms with Gasteiger partial charge in [-0.1, -0.05) is 0 Å². The first-order chi connectivity index (χ1) is 12.6. The van der Waals surface area contributed by atoms with Gasteiger partial charge in [0.1, 0.15) is 0 Å². The van der Waals surface area contributed by atoms with Gasteiger partial charge < -0.3 is 26.8 Å². The largest absolute Gasteiger partial charge is 0.478 e. The van der Waals surface area contributed by atoms with Crippen LogP contribution in [-0.4, -0.2) is 48.8 Å². The molecule has 0 fully saturated rings. The third-order valence-electron chi connectivity index (χ3n) is 3.63. The number of anilines is 2. The number of hydrogen-bond donors (Lipinski definition) is 6. The van der Waals surface area contributed by atoms with E-state index >= 15 is 0 Å². The second kappa shape index (κ2) is 7.61. The van der Waals surface area contributed by atoms with Crippen LogP contribution in [0.1, 0.15) is 20.7 Å². The number of nitrogen functional groups attached to an aromatic ring is 2. The summed E-state index contributed by atoms with van der Waals surface area (Å²) in [5.41, 5.74) is 10.1. The second-order valence-corrected chi connectivity index (χ2v) is 7.24. The minimum absolute atomic E-state index is 0.0223. The quantitative estimate of drug-likeness (QED) is 0.355. The van der Waals surface area contributed by atoms with Crippen LogP contribution < -0.4 is 16.2 Å². The van der Waals surface area contributed by atoms with E-state index in [1.807, 2.05) is 0 Å². The van der Waals surface area contributed by atoms with Crippen LogP contribution in [0, 0.1) is 0 Å². The van der Waals surface area contributed by atoms with E-state index in [1.165, 1.54) is 12.1 Å². The van der Waals surface area contributed by atoms with Gasteiger partial charge in [-0.2, -0.15) is 0 Å². The van der Waals surface area contributed by atoms with E-state index < -0.39 is 39.7 Å². The van der Waals surface area contributed by atoms with E-state index in [9.17, 15) is 28.2 Å². The number of rotatable bonds is 7. The smallest absolute Gasteiger partial charge is 0.336 e. The second-order valence-electron chi connectivity index (χ2n) is 5.47. The van der Waals surface area contributed by atoms with E-state index in [-0.39, 0.29) is 33.9 Å². The summed E-state index contributed by atoms with van der Waals surface area (Å²) in [4.78, 5) is 22.9. The lowest BCUT2D eigenvalue weighted by molar-refractivity contribution is 0.0696. The molecular formula is C16H17N3O7S. The summed E-state index contributed by atoms with van der Waals surface area (Å²) in [6, 6.07) is 5.59. The highest BCUT2D eigenvalue weighted by Crippen LogP contribution is 2.35. The Morgan fingerprint density at radius 1 is 1.00 bits per heavy atom. The fourth-order valence-electron chi connectivity index (χ4n) is 2.47. The maximum atomic E-state index is 12.3. The molecule has 0 spiro atoms. The third-order valence-corrected chi connectivity index (χ3v) is 5.09. The van der Waals surface area contributed by atoms with Crippen molar-refractivity contribution in [3.63, 3.8) is 0 Å². The molecule has 2 aromatic rings. The lowest BCUT2D eigenvalue weighted by Crippen LogP contribution is -2.26. The van der Waals surface area contributed by atoms with Crippen LogP contribution in [0.15, 0.2) is 35.2 Å². The number of sulfonamides is 1. The minimum atomic E-state index is -4.03. The van der Waals surface area contributed by atoms with Crippen molar-refractivity contribution in [2.75, 3.05) is 24.6 Å². The molecule has 2 aromatic carbocycles. The molecule has 8 N–H and O–H groups in total. The molecule has 0 bridgehead atoms. The number of hydrogen-bond acceptors (Lipinski definition) is 7. The van der Waals surface area contributed by atoms with Gasteiger partial charge in [0.25, 0.3) is 0 Å². The highest BCUT2D eigenvalue weighted by Gasteiger charge is 2.24. The summed E-state index contributed by atoms with van der Waals surface area (Å²) in [6.45, 7) is -0.657. The molecule has 2 rings (SSSR count). The lowest BCUT2D eigenvalue weighted by Gasteiger charge is -2.15. The van der Waals surface area contributed by atoms with Gasteiger partial charge in [0.15, 0.2) is 0 Å². The van der Waals surface area contributed by atoms with Crippen LogP contribution >= 0.6 is 0 Å². The van der Waals surface area contributed by atoms with Crippen molar-refractivity contribution in [3.05, 3.63) is 41.5 Å². The number of aromatic carboxylic acids is 2. The molecule has 0 aliphatic carbocycles. The predicted octanol–water partition coefficient (Wildman–Crippen LogP) is 0.185. The Hall–Kier alpha value is -3.15. The first-order valence-electron chi connectivity index (χ1n) is 7.49. The average molecular weight is 395 g/mol. The van der Waals surface area contributed by atoms with Gasteiger partial charge in [0, 0.05) is 29.0 Å². The lowest BCUT2D eigenvalue weighted by atomic mass is 9.92. The van der Waals surface area contributed by atoms with E-state index in [0.29, 0.717) is 0 Å². The molecule has 27 heavy (non-hydrogen) atoms. The maximum Gasteiger partial charge on any atom is 0.336 e. The minimum Gasteiger partial charge on any atom is -0.478 e. The molecule has 0 heterocycles. The topological polar surface area (TPSA) is 193 Å². The summed E-state index contributed by atoms with van der Waals surface area (Å²) >= 11 is 0. The van der Waals surface area contributed by atoms with Crippen LogP contribution in [0.4, 0.5) is 11.4 Å². The molecular weight excluding hydrogens is 378 g/mol. The zero-order valence-electron chi connectivity index (χ0n) is 13.8. The Bertz CT molecular complexity index is 984. The van der Waals surface area contributed by atoms with Crippen molar-refractivity contribution < 1.29 is 33.3 Å². The van der Waals surface area contributed by atoms with Gasteiger partial charge >= 0.3 is 11.9 Å². The van der Waals surface area contributed by atoms with Crippen molar-refractivity contribution >= 4 is 33.3 Å². The SMILES string of the molecule is Nc1cc(C(=O)O)c(-c2cc(S(=O)(=O)NCCO)ccc2N)c(C(=O)O)c1. The number of carbonyl (C=O) groups is 2. The summed E-state index contributed by atoms with van der Waals surface area (Å²) < 4.78 is 26.7. The van der Waals surface area contributed by atoms with Crippen LogP contribution in [0.3, 0.4) is 0 Å². The van der Waals surface area contributed by atoms with E-state index in [1.54, 1.807) is 0 Å². The van der Waals surface area contributed by atoms with E-state index in [0.717, 1.165) is 18.2 Å². The first kappa shape index (κ1) is 20.2. The van der Waals surface area contributed by atoms with Crippen molar-refractivity contribution in [2.24, 2.45) is 0 Å². The molecule has 0 radical (unpaired) electrons. The number of nitrogens with one attached hydrogen (secondary N) is 1. The highest BCUT2D eigenvalue weighted by molar-refractivity contribution is 7.89. The maximum absolute atomic E-state index is 12.3. The molecule has 0 atom stereocenters. The molecule has 0 saturated heterocycles. The molecule has 0 unspecified atom stereocenters. The van der Waals surface area contributed by atoms with Crippen molar-refractivity contribution in [1.29, 1.82) is 0 Å². The normalized spacial score (nSPS) is 11.3. The molecule has 0 aliphatic rings. The number of nitrogens with two attached hydrogens (primary N) is 2. The molecule has 10 nitrogen and oxygen atoms in total. The fraction of sp³-hybridized carbons (Fsp3) is 0.125. The van der Waals surface area contributed by atoms with Crippen LogP contribution in [0.25, 0.3) is 11.1 Å². The number of benzene rings is 2. The Morgan fingerprint density at radius 3 is 2.04 bits per heavy atom. The Kier molecular flexibility index (Phi) is 5.69. The van der Waals surface area contributed by atoms with Crippen molar-refractivity contribution in [1.82, 2.24) is 4.72 Å². The van der Waals surface area contributed by atoms with Crippen LogP contribution in [-0.2, 0) is 10.0 Å². The van der Waals surface area contributed by atoms with Gasteiger partial charge in [-0.25, -0.2) is 22.7 Å². The fourth-order valence-corrected chi connectivity index (χ4v) is 3.52. The Labute approximate surface area is 154 Å². The van der Waals surface area contributed by atoms with Crippen LogP contribution in [0.2, 0.25) is 0 Å². The molecule has 0 aromatic heterocycles. The van der Waals surface area contributed by atoms with E-state index in [2.05, 4.69) is 4.72 Å². The summed E-state index contributed by atoms with van der Waals surface area (Å²) in [6.07, 6.45) is 0. The average Bonchev–Trinajstić information content (AvgIpc) is 2.59. The number of aliphatic hydroxyl groups excluding tert-OH is 1. The van der Waals surface area contributed by atoms with Gasteiger partial charge in [-0.05, 0) is 30.3 Å². The zero-order valence-corrected chi connectivity index (χ0v) is 14.7. The van der Waals surface area contributed by atoms with Crippen molar-refractivity contribution in [3.8, 4) is 11.1 Å². The molecule has 0 aliphatic heterocycles. The summed E-state index contributed by atoms with van der Waals surface area (Å²) in [7, 11) is -4.03. The van der Waals surface area contributed by atoms with Crippen LogP contribution in [0.5, 0.6) is 0 Å². The standard InChI is InChI=1S/C16H17N3O7S/c17-8-5-11(15(21)22)14(12(6-8)16(23)24)10-7-9(1-2-13(10)18)27(25,26)19-3-4-20/h1-2,5-7,19-20H,3-4,17-18H2,(H,21,22)(H,23,24). The molecule has 0 saturated carbocycles. The first-order valence-corrected chi connectivity index (χ1v) is 8.97. The highest BCUT2D eigenvalue weighted by atomic mass is 32.2. The third kappa shape index (κ3) is 4.16. The van der Waals surface area contributed by atoms with Gasteiger partial charge in [0.2, 0.25) is 10.0 Å². The van der Waals surface area contributed by atoms with Crippen molar-refractivity contribution in [2.45, 2.75) is 4.90 Å². The summed E-state index contributed by atoms with van der Waals surface area (Å²) in [5.74, 6) is -2.91. The van der Waals surface area contributed by atoms with Gasteiger partial charge in [-0.3, -0.25) is 0 Å². The number of carboxylic acids is 2. The Morgan fingerprint density at radius 2 is 1.56 bits per heavy atom. The molecule has 144 valence electrons. The monoisotopic (exact) mass is 395 g/mol. The van der Waals surface area contributed by atoms with Gasteiger partial charge in [0.05, 0.1) is 22.6 Å². The molecule has 11 heteroatoms. The zero-order chi connectivity index (χ0) is 20.4. The predicted molar refractivity (Wildman–Crippen MR) is 96.9 cm³/mol.